The summed E-state index contributed by atoms with van der Waals surface area (Å²) in [4.78, 5) is 66.5. The van der Waals surface area contributed by atoms with Crippen molar-refractivity contribution in [3.63, 3.8) is 0 Å². The van der Waals surface area contributed by atoms with Crippen LogP contribution in [-0.4, -0.2) is 239 Å². The third kappa shape index (κ3) is 73.4. The summed E-state index contributed by atoms with van der Waals surface area (Å²) in [6, 6.07) is 0. The van der Waals surface area contributed by atoms with Crippen molar-refractivity contribution in [2.24, 2.45) is 10.2 Å². The van der Waals surface area contributed by atoms with E-state index in [0.717, 1.165) is 51.6 Å². The molecule has 0 aromatic rings. The van der Waals surface area contributed by atoms with Gasteiger partial charge in [-0.3, -0.25) is 8.98 Å². The van der Waals surface area contributed by atoms with Crippen LogP contribution in [0.1, 0.15) is 51.9 Å². The summed E-state index contributed by atoms with van der Waals surface area (Å²) in [7, 11) is 3.08. The van der Waals surface area contributed by atoms with Crippen molar-refractivity contribution >= 4 is 45.9 Å². The van der Waals surface area contributed by atoms with Crippen molar-refractivity contribution in [3.8, 4) is 0 Å². The molecule has 0 aromatic carbocycles. The lowest BCUT2D eigenvalue weighted by Crippen LogP contribution is -2.24. The van der Waals surface area contributed by atoms with Gasteiger partial charge in [0.2, 0.25) is 0 Å². The number of carbonyl (C=O) groups excluding carboxylic acids is 5. The minimum atomic E-state index is -3.43. The molecule has 0 spiro atoms. The smallest absolute Gasteiger partial charge is 0.331 e. The Labute approximate surface area is 431 Å². The zero-order valence-electron chi connectivity index (χ0n) is 43.4. The number of aliphatic hydroxyl groups excluding tert-OH is 2. The van der Waals surface area contributed by atoms with Crippen LogP contribution >= 0.6 is 0 Å². The zero-order valence-corrected chi connectivity index (χ0v) is 44.2. The second kappa shape index (κ2) is 62.2. The van der Waals surface area contributed by atoms with E-state index in [-0.39, 0.29) is 117 Å². The molecule has 2 heterocycles. The van der Waals surface area contributed by atoms with Gasteiger partial charge in [0, 0.05) is 42.5 Å². The van der Waals surface area contributed by atoms with Crippen LogP contribution in [-0.2, 0) is 109 Å². The first-order valence-electron chi connectivity index (χ1n) is 22.4. The molecule has 2 fully saturated rings. The standard InChI is InChI=1S/C10H18O5.C7H14O3.C6H12O6S.C5H9N3O3.C5H10O4.C4H7N3O3.C4H8O2/c1-12-9(11)8-13-6-7-15-10-4-2-3-5-14-10;8-4-6-10-7-3-1-2-5-9-7;1-10-6(7)5-11-3-4-12-13(2,8)9;1-10-5(9)4-11-3-2-7-8-6;1-8-5(7)4-9-3-2-6;5-7-6-1-2-10-3-4(8)9;1-3-4(5)6-2/h10H,2-8H2,1H3;7-8H,1-6H2;3-5H2,1-2H3;2-4H2,1H3;6H,2-4H2,1H3;1-3H2,(H,8,9);3H2,1-2H3. The highest BCUT2D eigenvalue weighted by atomic mass is 32.2. The highest BCUT2D eigenvalue weighted by Gasteiger charge is 2.14. The summed E-state index contributed by atoms with van der Waals surface area (Å²) in [5.41, 5.74) is 15.6. The van der Waals surface area contributed by atoms with Crippen LogP contribution < -0.4 is 0 Å². The topological polar surface area (TPSA) is 433 Å². The van der Waals surface area contributed by atoms with Gasteiger partial charge >= 0.3 is 35.8 Å². The van der Waals surface area contributed by atoms with Crippen LogP contribution in [0.2, 0.25) is 0 Å². The Bertz CT molecular complexity index is 1570. The first kappa shape index (κ1) is 77.8. The van der Waals surface area contributed by atoms with Gasteiger partial charge in [-0.1, -0.05) is 17.2 Å². The van der Waals surface area contributed by atoms with Crippen LogP contribution in [0.15, 0.2) is 10.2 Å². The SMILES string of the molecule is CCC(=O)OC.COC(=O)COCCN=[N+]=[N-].COC(=O)COCCO.COC(=O)COCCOC1CCCCO1.COC(=O)COCCOS(C)(=O)=O.OCCOC1CCCCO1.[N-]=[N+]=NCCOCC(=O)O. The number of hydrogen-bond acceptors (Lipinski definition) is 27. The summed E-state index contributed by atoms with van der Waals surface area (Å²) >= 11 is 0. The first-order valence-corrected chi connectivity index (χ1v) is 24.2. The molecule has 0 amide bonds. The van der Waals surface area contributed by atoms with E-state index < -0.39 is 34.0 Å². The number of aliphatic carboxylic acids is 1. The number of carboxylic acids is 1. The second-order valence-corrected chi connectivity index (χ2v) is 14.8. The maximum absolute atomic E-state index is 10.7. The van der Waals surface area contributed by atoms with Gasteiger partial charge < -0.3 is 81.6 Å². The zero-order chi connectivity index (χ0) is 56.9. The summed E-state index contributed by atoms with van der Waals surface area (Å²) in [6.45, 7) is 4.69. The lowest BCUT2D eigenvalue weighted by Gasteiger charge is -2.22. The van der Waals surface area contributed by atoms with Gasteiger partial charge in [0.05, 0.1) is 108 Å². The molecule has 3 N–H and O–H groups in total. The predicted octanol–water partition coefficient (Wildman–Crippen LogP) is 1.02. The molecule has 434 valence electrons. The number of aliphatic hydroxyl groups is 2. The van der Waals surface area contributed by atoms with Gasteiger partial charge in [-0.2, -0.15) is 8.42 Å². The van der Waals surface area contributed by atoms with Crippen molar-refractivity contribution in [3.05, 3.63) is 20.9 Å². The maximum atomic E-state index is 10.7. The van der Waals surface area contributed by atoms with E-state index in [4.69, 9.17) is 59.5 Å². The van der Waals surface area contributed by atoms with Crippen LogP contribution in [0.3, 0.4) is 0 Å². The minimum absolute atomic E-state index is 0.0224. The fourth-order valence-corrected chi connectivity index (χ4v) is 4.25. The van der Waals surface area contributed by atoms with E-state index in [1.165, 1.54) is 42.0 Å². The molecular formula is C41H78N6O26S. The minimum Gasteiger partial charge on any atom is -0.480 e. The molecule has 2 atom stereocenters. The number of nitrogens with zero attached hydrogens (tertiary/aromatic N) is 6. The highest BCUT2D eigenvalue weighted by Crippen LogP contribution is 2.14. The number of carboxylic acid groups (broad SMARTS) is 1. The normalized spacial score (nSPS) is 14.0. The number of azide groups is 2. The van der Waals surface area contributed by atoms with Gasteiger partial charge in [0.1, 0.15) is 33.0 Å². The molecule has 0 aromatic heterocycles. The van der Waals surface area contributed by atoms with Crippen molar-refractivity contribution in [1.82, 2.24) is 0 Å². The van der Waals surface area contributed by atoms with Crippen LogP contribution in [0.4, 0.5) is 0 Å². The predicted molar refractivity (Wildman–Crippen MR) is 254 cm³/mol. The van der Waals surface area contributed by atoms with Gasteiger partial charge in [0.15, 0.2) is 12.6 Å². The molecular weight excluding hydrogens is 1020 g/mol. The Hall–Kier alpha value is -5.09. The molecule has 32 nitrogen and oxygen atoms in total. The molecule has 2 saturated heterocycles. The number of methoxy groups -OCH3 is 5. The van der Waals surface area contributed by atoms with Gasteiger partial charge in [-0.05, 0) is 49.6 Å². The van der Waals surface area contributed by atoms with E-state index in [9.17, 15) is 37.2 Å². The molecule has 0 saturated carbocycles. The van der Waals surface area contributed by atoms with Crippen molar-refractivity contribution in [2.75, 3.05) is 167 Å². The summed E-state index contributed by atoms with van der Waals surface area (Å²) < 4.78 is 91.5. The molecule has 0 radical (unpaired) electrons. The molecule has 2 aliphatic heterocycles. The highest BCUT2D eigenvalue weighted by molar-refractivity contribution is 7.85. The van der Waals surface area contributed by atoms with Crippen LogP contribution in [0, 0.1) is 0 Å². The van der Waals surface area contributed by atoms with Crippen molar-refractivity contribution < 1.29 is 123 Å². The molecule has 2 aliphatic rings. The van der Waals surface area contributed by atoms with E-state index >= 15 is 0 Å². The maximum Gasteiger partial charge on any atom is 0.331 e. The summed E-state index contributed by atoms with van der Waals surface area (Å²) in [6.07, 6.45) is 7.74. The van der Waals surface area contributed by atoms with Gasteiger partial charge in [-0.15, -0.1) is 0 Å². The number of carbonyl (C=O) groups is 6. The molecule has 33 heteroatoms. The Balaban J connectivity index is -0.000000254. The van der Waals surface area contributed by atoms with E-state index in [0.29, 0.717) is 26.2 Å². The van der Waals surface area contributed by atoms with Crippen molar-refractivity contribution in [2.45, 2.75) is 64.4 Å². The van der Waals surface area contributed by atoms with Crippen molar-refractivity contribution in [1.29, 1.82) is 0 Å². The van der Waals surface area contributed by atoms with E-state index in [1.54, 1.807) is 6.92 Å². The van der Waals surface area contributed by atoms with Crippen LogP contribution in [0.5, 0.6) is 0 Å². The van der Waals surface area contributed by atoms with Crippen LogP contribution in [0.25, 0.3) is 20.9 Å². The van der Waals surface area contributed by atoms with E-state index in [1.807, 2.05) is 0 Å². The fourth-order valence-electron chi connectivity index (χ4n) is 3.88. The lowest BCUT2D eigenvalue weighted by molar-refractivity contribution is -0.171. The summed E-state index contributed by atoms with van der Waals surface area (Å²) in [5, 5.41) is 31.0. The molecule has 2 rings (SSSR count). The van der Waals surface area contributed by atoms with E-state index in [2.05, 4.69) is 57.4 Å². The largest absolute Gasteiger partial charge is 0.480 e. The number of rotatable bonds is 30. The second-order valence-electron chi connectivity index (χ2n) is 13.1. The first-order chi connectivity index (χ1) is 35.4. The lowest BCUT2D eigenvalue weighted by atomic mass is 10.2. The summed E-state index contributed by atoms with van der Waals surface area (Å²) in [5.74, 6) is -2.94. The Morgan fingerprint density at radius 3 is 1.22 bits per heavy atom. The Morgan fingerprint density at radius 2 is 0.905 bits per heavy atom. The monoisotopic (exact) mass is 1100 g/mol. The Morgan fingerprint density at radius 1 is 0.541 bits per heavy atom. The van der Waals surface area contributed by atoms with Gasteiger partial charge in [-0.25, -0.2) is 24.0 Å². The number of ether oxygens (including phenoxy) is 14. The molecule has 0 aliphatic carbocycles. The average molecular weight is 1100 g/mol. The fraction of sp³-hybridized carbons (Fsp3) is 0.854. The third-order valence-electron chi connectivity index (χ3n) is 7.29. The average Bonchev–Trinajstić information content (AvgIpc) is 3.40. The van der Waals surface area contributed by atoms with Gasteiger partial charge in [0.25, 0.3) is 10.1 Å². The molecule has 0 bridgehead atoms. The quantitative estimate of drug-likeness (QED) is 0.0172. The third-order valence-corrected chi connectivity index (χ3v) is 7.89. The Kier molecular flexibility index (Phi) is 65.4. The number of hydrogen-bond donors (Lipinski definition) is 3. The number of esters is 5. The molecule has 74 heavy (non-hydrogen) atoms. The molecule has 2 unspecified atom stereocenters.